The number of halogens is 2. The average Bonchev–Trinajstić information content (AvgIpc) is 2.75. The summed E-state index contributed by atoms with van der Waals surface area (Å²) in [6, 6.07) is 14.8. The zero-order valence-electron chi connectivity index (χ0n) is 16.4. The second-order valence-electron chi connectivity index (χ2n) is 7.94. The van der Waals surface area contributed by atoms with Crippen molar-refractivity contribution in [3.05, 3.63) is 71.1 Å². The van der Waals surface area contributed by atoms with E-state index in [2.05, 4.69) is 34.6 Å². The van der Waals surface area contributed by atoms with Gasteiger partial charge in [0, 0.05) is 23.2 Å². The highest BCUT2D eigenvalue weighted by Crippen LogP contribution is 2.40. The Hall–Kier alpha value is -2.46. The largest absolute Gasteiger partial charge is 0.326 e. The fourth-order valence-corrected chi connectivity index (χ4v) is 4.57. The molecule has 0 bridgehead atoms. The molecule has 1 aliphatic carbocycles. The molecule has 1 aromatic heterocycles. The van der Waals surface area contributed by atoms with Gasteiger partial charge in [-0.05, 0) is 73.4 Å². The third kappa shape index (κ3) is 4.27. The molecule has 1 fully saturated rings. The molecule has 1 saturated carbocycles. The van der Waals surface area contributed by atoms with Crippen molar-refractivity contribution >= 4 is 34.1 Å². The SMILES string of the molecule is C[C@@H](C(=O)Nc1ccc(Cl)c(F)c1)[C@H]1CC[C@H](c2ccnc3ccccc32)CC1. The molecule has 4 rings (SSSR count). The molecule has 0 radical (unpaired) electrons. The summed E-state index contributed by atoms with van der Waals surface area (Å²) in [5.41, 5.74) is 2.85. The van der Waals surface area contributed by atoms with E-state index in [1.807, 2.05) is 19.2 Å². The third-order valence-corrected chi connectivity index (χ3v) is 6.51. The Morgan fingerprint density at radius 3 is 2.66 bits per heavy atom. The van der Waals surface area contributed by atoms with Crippen LogP contribution in [0.2, 0.25) is 5.02 Å². The summed E-state index contributed by atoms with van der Waals surface area (Å²) in [6.45, 7) is 1.97. The van der Waals surface area contributed by atoms with Crippen molar-refractivity contribution in [2.75, 3.05) is 5.32 Å². The Labute approximate surface area is 175 Å². The van der Waals surface area contributed by atoms with Gasteiger partial charge in [-0.25, -0.2) is 4.39 Å². The van der Waals surface area contributed by atoms with Gasteiger partial charge in [0.15, 0.2) is 0 Å². The smallest absolute Gasteiger partial charge is 0.227 e. The number of amides is 1. The maximum atomic E-state index is 13.6. The van der Waals surface area contributed by atoms with Crippen LogP contribution in [0.1, 0.15) is 44.1 Å². The molecule has 3 aromatic rings. The lowest BCUT2D eigenvalue weighted by Crippen LogP contribution is -2.29. The first-order chi connectivity index (χ1) is 14.0. The van der Waals surface area contributed by atoms with Crippen LogP contribution in [0.3, 0.4) is 0 Å². The molecule has 0 saturated heterocycles. The number of carbonyl (C=O) groups excluding carboxylic acids is 1. The van der Waals surface area contributed by atoms with Gasteiger partial charge in [-0.1, -0.05) is 36.7 Å². The van der Waals surface area contributed by atoms with Crippen LogP contribution in [-0.4, -0.2) is 10.9 Å². The number of fused-ring (bicyclic) bond motifs is 1. The Morgan fingerprint density at radius 1 is 1.14 bits per heavy atom. The lowest BCUT2D eigenvalue weighted by atomic mass is 9.73. The van der Waals surface area contributed by atoms with Crippen molar-refractivity contribution in [2.24, 2.45) is 11.8 Å². The van der Waals surface area contributed by atoms with Gasteiger partial charge in [0.05, 0.1) is 10.5 Å². The maximum Gasteiger partial charge on any atom is 0.227 e. The van der Waals surface area contributed by atoms with Crippen molar-refractivity contribution in [2.45, 2.75) is 38.5 Å². The summed E-state index contributed by atoms with van der Waals surface area (Å²) in [5.74, 6) is 0.117. The monoisotopic (exact) mass is 410 g/mol. The molecule has 29 heavy (non-hydrogen) atoms. The number of hydrogen-bond donors (Lipinski definition) is 1. The summed E-state index contributed by atoms with van der Waals surface area (Å²) in [4.78, 5) is 17.1. The van der Waals surface area contributed by atoms with Crippen molar-refractivity contribution in [3.63, 3.8) is 0 Å². The van der Waals surface area contributed by atoms with Crippen LogP contribution in [0, 0.1) is 17.7 Å². The predicted octanol–water partition coefficient (Wildman–Crippen LogP) is 6.58. The van der Waals surface area contributed by atoms with Crippen LogP contribution in [0.5, 0.6) is 0 Å². The Balaban J connectivity index is 1.39. The predicted molar refractivity (Wildman–Crippen MR) is 116 cm³/mol. The molecule has 1 aliphatic rings. The van der Waals surface area contributed by atoms with E-state index in [-0.39, 0.29) is 16.8 Å². The fourth-order valence-electron chi connectivity index (χ4n) is 4.45. The first-order valence-electron chi connectivity index (χ1n) is 10.1. The molecule has 150 valence electrons. The Kier molecular flexibility index (Phi) is 5.81. The molecule has 0 unspecified atom stereocenters. The normalized spacial score (nSPS) is 20.4. The minimum Gasteiger partial charge on any atom is -0.326 e. The van der Waals surface area contributed by atoms with E-state index in [9.17, 15) is 9.18 Å². The highest BCUT2D eigenvalue weighted by atomic mass is 35.5. The van der Waals surface area contributed by atoms with Crippen LogP contribution in [0.25, 0.3) is 10.9 Å². The topological polar surface area (TPSA) is 42.0 Å². The number of pyridine rings is 1. The van der Waals surface area contributed by atoms with Crippen LogP contribution in [0.15, 0.2) is 54.7 Å². The average molecular weight is 411 g/mol. The highest BCUT2D eigenvalue weighted by molar-refractivity contribution is 6.30. The Bertz CT molecular complexity index is 1030. The number of nitrogens with zero attached hydrogens (tertiary/aromatic N) is 1. The third-order valence-electron chi connectivity index (χ3n) is 6.20. The van der Waals surface area contributed by atoms with Crippen molar-refractivity contribution in [1.82, 2.24) is 4.98 Å². The molecule has 3 nitrogen and oxygen atoms in total. The van der Waals surface area contributed by atoms with Gasteiger partial charge in [-0.15, -0.1) is 0 Å². The number of hydrogen-bond acceptors (Lipinski definition) is 2. The number of benzene rings is 2. The number of carbonyl (C=O) groups is 1. The van der Waals surface area contributed by atoms with E-state index in [0.29, 0.717) is 17.5 Å². The van der Waals surface area contributed by atoms with Gasteiger partial charge in [0.25, 0.3) is 0 Å². The van der Waals surface area contributed by atoms with Crippen LogP contribution < -0.4 is 5.32 Å². The zero-order chi connectivity index (χ0) is 20.4. The second-order valence-corrected chi connectivity index (χ2v) is 8.34. The molecule has 2 aromatic carbocycles. The lowest BCUT2D eigenvalue weighted by molar-refractivity contribution is -0.121. The maximum absolute atomic E-state index is 13.6. The van der Waals surface area contributed by atoms with E-state index < -0.39 is 5.82 Å². The molecule has 0 spiro atoms. The Morgan fingerprint density at radius 2 is 1.90 bits per heavy atom. The number of anilines is 1. The van der Waals surface area contributed by atoms with Crippen LogP contribution >= 0.6 is 11.6 Å². The van der Waals surface area contributed by atoms with E-state index in [1.165, 1.54) is 23.1 Å². The molecule has 0 aliphatic heterocycles. The van der Waals surface area contributed by atoms with Gasteiger partial charge in [0.2, 0.25) is 5.91 Å². The lowest BCUT2D eigenvalue weighted by Gasteiger charge is -2.32. The van der Waals surface area contributed by atoms with Crippen LogP contribution in [-0.2, 0) is 4.79 Å². The van der Waals surface area contributed by atoms with Crippen molar-refractivity contribution < 1.29 is 9.18 Å². The number of para-hydroxylation sites is 1. The van der Waals surface area contributed by atoms with E-state index >= 15 is 0 Å². The molecule has 1 amide bonds. The minimum absolute atomic E-state index is 0.0537. The van der Waals surface area contributed by atoms with Gasteiger partial charge in [0.1, 0.15) is 5.82 Å². The fraction of sp³-hybridized carbons (Fsp3) is 0.333. The van der Waals surface area contributed by atoms with Crippen molar-refractivity contribution in [1.29, 1.82) is 0 Å². The van der Waals surface area contributed by atoms with Gasteiger partial charge in [-0.2, -0.15) is 0 Å². The molecular weight excluding hydrogens is 387 g/mol. The molecule has 1 atom stereocenters. The summed E-state index contributed by atoms with van der Waals surface area (Å²) < 4.78 is 13.6. The van der Waals surface area contributed by atoms with Gasteiger partial charge < -0.3 is 5.32 Å². The van der Waals surface area contributed by atoms with E-state index in [0.717, 1.165) is 31.2 Å². The number of rotatable bonds is 4. The molecule has 1 N–H and O–H groups in total. The minimum atomic E-state index is -0.526. The van der Waals surface area contributed by atoms with Crippen molar-refractivity contribution in [3.8, 4) is 0 Å². The standard InChI is InChI=1S/C24H24ClFN2O/c1-15(24(29)28-18-10-11-21(25)22(26)14-18)16-6-8-17(9-7-16)19-12-13-27-23-5-3-2-4-20(19)23/h2-5,10-17H,6-9H2,1H3,(H,28,29)/t15-,16-,17-/m1/s1. The highest BCUT2D eigenvalue weighted by Gasteiger charge is 2.30. The number of aromatic nitrogens is 1. The summed E-state index contributed by atoms with van der Waals surface area (Å²) in [7, 11) is 0. The second kappa shape index (κ2) is 8.50. The van der Waals surface area contributed by atoms with Crippen LogP contribution in [0.4, 0.5) is 10.1 Å². The number of nitrogens with one attached hydrogen (secondary N) is 1. The summed E-state index contributed by atoms with van der Waals surface area (Å²) >= 11 is 5.71. The van der Waals surface area contributed by atoms with Gasteiger partial charge >= 0.3 is 0 Å². The molecule has 1 heterocycles. The zero-order valence-corrected chi connectivity index (χ0v) is 17.1. The first-order valence-corrected chi connectivity index (χ1v) is 10.5. The van der Waals surface area contributed by atoms with E-state index in [4.69, 9.17) is 11.6 Å². The summed E-state index contributed by atoms with van der Waals surface area (Å²) in [5, 5.41) is 4.11. The first kappa shape index (κ1) is 19.8. The quantitative estimate of drug-likeness (QED) is 0.528. The molecule has 5 heteroatoms. The van der Waals surface area contributed by atoms with E-state index in [1.54, 1.807) is 6.07 Å². The van der Waals surface area contributed by atoms with Gasteiger partial charge in [-0.3, -0.25) is 9.78 Å². The summed E-state index contributed by atoms with van der Waals surface area (Å²) in [6.07, 6.45) is 6.03. The molecular formula is C24H24ClFN2O.